The first kappa shape index (κ1) is 33.7. The Morgan fingerprint density at radius 1 is 0.909 bits per heavy atom. The van der Waals surface area contributed by atoms with Gasteiger partial charge in [0.15, 0.2) is 0 Å². The number of carbonyl (C=O) groups excluding carboxylic acids is 3. The van der Waals surface area contributed by atoms with Crippen LogP contribution in [-0.4, -0.2) is 45.1 Å². The molecular formula is C36H43N3O5. The van der Waals surface area contributed by atoms with Crippen molar-refractivity contribution in [2.75, 3.05) is 5.32 Å². The number of hydrogen-bond donors (Lipinski definition) is 3. The van der Waals surface area contributed by atoms with Crippen LogP contribution >= 0.6 is 0 Å². The number of rotatable bonds is 8. The number of aromatic hydroxyl groups is 1. The first-order valence-corrected chi connectivity index (χ1v) is 14.5. The van der Waals surface area contributed by atoms with Gasteiger partial charge >= 0.3 is 6.09 Å². The number of nitrogens with zero attached hydrogens (tertiary/aromatic N) is 1. The van der Waals surface area contributed by atoms with Gasteiger partial charge in [0.25, 0.3) is 5.91 Å². The fourth-order valence-electron chi connectivity index (χ4n) is 4.91. The van der Waals surface area contributed by atoms with Crippen LogP contribution in [0.3, 0.4) is 0 Å². The second-order valence-corrected chi connectivity index (χ2v) is 12.9. The van der Waals surface area contributed by atoms with Crippen molar-refractivity contribution in [3.05, 3.63) is 94.5 Å². The van der Waals surface area contributed by atoms with E-state index in [0.29, 0.717) is 22.4 Å². The summed E-state index contributed by atoms with van der Waals surface area (Å²) in [4.78, 5) is 43.5. The van der Waals surface area contributed by atoms with E-state index in [1.807, 2.05) is 52.8 Å². The van der Waals surface area contributed by atoms with E-state index >= 15 is 0 Å². The van der Waals surface area contributed by atoms with E-state index < -0.39 is 41.1 Å². The van der Waals surface area contributed by atoms with E-state index in [-0.39, 0.29) is 12.2 Å². The predicted molar refractivity (Wildman–Crippen MR) is 173 cm³/mol. The number of nitrogens with one attached hydrogen (secondary N) is 2. The maximum atomic E-state index is 14.7. The van der Waals surface area contributed by atoms with E-state index in [9.17, 15) is 19.5 Å². The maximum Gasteiger partial charge on any atom is 0.408 e. The van der Waals surface area contributed by atoms with Crippen molar-refractivity contribution in [2.45, 2.75) is 85.0 Å². The molecule has 0 radical (unpaired) electrons. The topological polar surface area (TPSA) is 108 Å². The molecule has 8 heteroatoms. The van der Waals surface area contributed by atoms with Gasteiger partial charge in [0.2, 0.25) is 5.91 Å². The molecule has 232 valence electrons. The highest BCUT2D eigenvalue weighted by Gasteiger charge is 2.42. The molecule has 0 aromatic heterocycles. The first-order chi connectivity index (χ1) is 20.5. The molecule has 0 fully saturated rings. The standard InChI is InChI=1S/C36H43N3O5/c1-10-25-14-18-27(19-15-25)31(32(41)38-30-23(2)12-11-13-24(30)3)39(35(4,5)6)33(42)29(37-34(43)44-36(7,8)9)22-26-16-20-28(40)21-17-26/h1,11-21,29,31,40H,22H2,2-9H3,(H,37,43)(H,38,41). The molecule has 3 aromatic carbocycles. The number of terminal acetylenes is 1. The van der Waals surface area contributed by atoms with Crippen LogP contribution in [0.25, 0.3) is 0 Å². The third-order valence-electron chi connectivity index (χ3n) is 6.95. The molecule has 3 amide bonds. The lowest BCUT2D eigenvalue weighted by molar-refractivity contribution is -0.146. The highest BCUT2D eigenvalue weighted by atomic mass is 16.6. The quantitative estimate of drug-likeness (QED) is 0.259. The lowest BCUT2D eigenvalue weighted by atomic mass is 9.93. The first-order valence-electron chi connectivity index (χ1n) is 14.5. The molecule has 2 atom stereocenters. The van der Waals surface area contributed by atoms with Crippen LogP contribution < -0.4 is 10.6 Å². The lowest BCUT2D eigenvalue weighted by Crippen LogP contribution is -2.58. The highest BCUT2D eigenvalue weighted by molar-refractivity contribution is 6.00. The molecular weight excluding hydrogens is 554 g/mol. The molecule has 0 bridgehead atoms. The van der Waals surface area contributed by atoms with E-state index in [2.05, 4.69) is 16.6 Å². The molecule has 44 heavy (non-hydrogen) atoms. The van der Waals surface area contributed by atoms with Crippen LogP contribution in [-0.2, 0) is 20.7 Å². The number of aryl methyl sites for hydroxylation is 2. The van der Waals surface area contributed by atoms with Crippen LogP contribution in [0, 0.1) is 26.2 Å². The Bertz CT molecular complexity index is 1500. The molecule has 3 N–H and O–H groups in total. The largest absolute Gasteiger partial charge is 0.508 e. The van der Waals surface area contributed by atoms with Gasteiger partial charge in [0, 0.05) is 23.2 Å². The number of carbonyl (C=O) groups is 3. The van der Waals surface area contributed by atoms with Crippen LogP contribution in [0.5, 0.6) is 5.75 Å². The molecule has 3 rings (SSSR count). The monoisotopic (exact) mass is 597 g/mol. The minimum absolute atomic E-state index is 0.0756. The predicted octanol–water partition coefficient (Wildman–Crippen LogP) is 6.43. The number of phenolic OH excluding ortho intramolecular Hbond substituents is 1. The molecule has 0 heterocycles. The van der Waals surface area contributed by atoms with Gasteiger partial charge in [0.05, 0.1) is 0 Å². The molecule has 0 aliphatic rings. The summed E-state index contributed by atoms with van der Waals surface area (Å²) in [6.07, 6.45) is 4.92. The van der Waals surface area contributed by atoms with Gasteiger partial charge in [-0.05, 0) is 102 Å². The van der Waals surface area contributed by atoms with Gasteiger partial charge in [-0.15, -0.1) is 6.42 Å². The smallest absolute Gasteiger partial charge is 0.408 e. The average molecular weight is 598 g/mol. The summed E-state index contributed by atoms with van der Waals surface area (Å²) in [5.74, 6) is 1.76. The fourth-order valence-corrected chi connectivity index (χ4v) is 4.91. The number of anilines is 1. The third kappa shape index (κ3) is 8.87. The Labute approximate surface area is 260 Å². The zero-order valence-corrected chi connectivity index (χ0v) is 26.8. The Hall–Kier alpha value is -4.77. The Balaban J connectivity index is 2.15. The summed E-state index contributed by atoms with van der Waals surface area (Å²) in [5, 5.41) is 15.6. The van der Waals surface area contributed by atoms with Crippen LogP contribution in [0.1, 0.15) is 75.4 Å². The number of phenols is 1. The van der Waals surface area contributed by atoms with Gasteiger partial charge in [-0.1, -0.05) is 48.4 Å². The molecule has 0 saturated carbocycles. The van der Waals surface area contributed by atoms with E-state index in [1.165, 1.54) is 17.0 Å². The van der Waals surface area contributed by atoms with Crippen molar-refractivity contribution in [3.8, 4) is 18.1 Å². The summed E-state index contributed by atoms with van der Waals surface area (Å²) < 4.78 is 5.51. The summed E-state index contributed by atoms with van der Waals surface area (Å²) >= 11 is 0. The van der Waals surface area contributed by atoms with Crippen molar-refractivity contribution >= 4 is 23.6 Å². The minimum Gasteiger partial charge on any atom is -0.508 e. The summed E-state index contributed by atoms with van der Waals surface area (Å²) in [6, 6.07) is 16.9. The van der Waals surface area contributed by atoms with Crippen molar-refractivity contribution in [3.63, 3.8) is 0 Å². The second kappa shape index (κ2) is 13.7. The van der Waals surface area contributed by atoms with E-state index in [0.717, 1.165) is 11.1 Å². The molecule has 0 saturated heterocycles. The van der Waals surface area contributed by atoms with E-state index in [1.54, 1.807) is 57.2 Å². The molecule has 8 nitrogen and oxygen atoms in total. The normalized spacial score (nSPS) is 12.8. The summed E-state index contributed by atoms with van der Waals surface area (Å²) in [6.45, 7) is 14.5. The summed E-state index contributed by atoms with van der Waals surface area (Å²) in [5.41, 5.74) is 2.62. The van der Waals surface area contributed by atoms with Crippen molar-refractivity contribution < 1.29 is 24.2 Å². The van der Waals surface area contributed by atoms with Crippen LogP contribution in [0.15, 0.2) is 66.7 Å². The van der Waals surface area contributed by atoms with Crippen molar-refractivity contribution in [2.24, 2.45) is 0 Å². The second-order valence-electron chi connectivity index (χ2n) is 12.9. The Morgan fingerprint density at radius 3 is 1.98 bits per heavy atom. The average Bonchev–Trinajstić information content (AvgIpc) is 2.92. The minimum atomic E-state index is -1.10. The number of amides is 3. The summed E-state index contributed by atoms with van der Waals surface area (Å²) in [7, 11) is 0. The SMILES string of the molecule is C#Cc1ccc(C(C(=O)Nc2c(C)cccc2C)N(C(=O)C(Cc2ccc(O)cc2)NC(=O)OC(C)(C)C)C(C)(C)C)cc1. The van der Waals surface area contributed by atoms with Crippen LogP contribution in [0.2, 0.25) is 0 Å². The fraction of sp³-hybridized carbons (Fsp3) is 0.361. The molecule has 2 unspecified atom stereocenters. The van der Waals surface area contributed by atoms with Gasteiger partial charge in [0.1, 0.15) is 23.4 Å². The Kier molecular flexibility index (Phi) is 10.5. The highest BCUT2D eigenvalue weighted by Crippen LogP contribution is 2.33. The number of hydrogen-bond acceptors (Lipinski definition) is 5. The van der Waals surface area contributed by atoms with Gasteiger partial charge in [-0.2, -0.15) is 0 Å². The zero-order chi connectivity index (χ0) is 32.8. The maximum absolute atomic E-state index is 14.7. The van der Waals surface area contributed by atoms with E-state index in [4.69, 9.17) is 11.2 Å². The number of benzene rings is 3. The van der Waals surface area contributed by atoms with Gasteiger partial charge in [-0.25, -0.2) is 4.79 Å². The molecule has 3 aromatic rings. The molecule has 0 aliphatic carbocycles. The number of para-hydroxylation sites is 1. The Morgan fingerprint density at radius 2 is 1.48 bits per heavy atom. The van der Waals surface area contributed by atoms with Gasteiger partial charge < -0.3 is 25.4 Å². The number of ether oxygens (including phenoxy) is 1. The van der Waals surface area contributed by atoms with Crippen molar-refractivity contribution in [1.29, 1.82) is 0 Å². The zero-order valence-electron chi connectivity index (χ0n) is 26.8. The molecule has 0 spiro atoms. The number of alkyl carbamates (subject to hydrolysis) is 1. The molecule has 0 aliphatic heterocycles. The lowest BCUT2D eigenvalue weighted by Gasteiger charge is -2.43. The van der Waals surface area contributed by atoms with Gasteiger partial charge in [-0.3, -0.25) is 9.59 Å². The van der Waals surface area contributed by atoms with Crippen LogP contribution in [0.4, 0.5) is 10.5 Å². The third-order valence-corrected chi connectivity index (χ3v) is 6.95. The van der Waals surface area contributed by atoms with Crippen molar-refractivity contribution in [1.82, 2.24) is 10.2 Å².